The van der Waals surface area contributed by atoms with Crippen LogP contribution in [0.25, 0.3) is 0 Å². The largest absolute Gasteiger partial charge is 0.467 e. The summed E-state index contributed by atoms with van der Waals surface area (Å²) in [7, 11) is 1.24. The van der Waals surface area contributed by atoms with Gasteiger partial charge >= 0.3 is 11.9 Å². The second-order valence-corrected chi connectivity index (χ2v) is 7.08. The number of hydrogen-bond acceptors (Lipinski definition) is 6. The molecule has 31 heavy (non-hydrogen) atoms. The zero-order chi connectivity index (χ0) is 22.2. The van der Waals surface area contributed by atoms with Crippen molar-refractivity contribution in [1.82, 2.24) is 5.32 Å². The number of carbonyl (C=O) groups excluding carboxylic acids is 4. The number of para-hydroxylation sites is 1. The number of anilines is 1. The lowest BCUT2D eigenvalue weighted by molar-refractivity contribution is -0.145. The molecular weight excluding hydrogens is 400 g/mol. The van der Waals surface area contributed by atoms with Gasteiger partial charge in [0.2, 0.25) is 5.91 Å². The molecule has 1 unspecified atom stereocenters. The molecule has 1 fully saturated rings. The Morgan fingerprint density at radius 1 is 1.06 bits per heavy atom. The summed E-state index contributed by atoms with van der Waals surface area (Å²) in [5, 5.41) is 2.54. The van der Waals surface area contributed by atoms with E-state index >= 15 is 0 Å². The Morgan fingerprint density at radius 3 is 2.45 bits per heavy atom. The molecule has 2 amide bonds. The fourth-order valence-electron chi connectivity index (χ4n) is 3.41. The van der Waals surface area contributed by atoms with E-state index < -0.39 is 30.5 Å². The molecule has 0 aliphatic carbocycles. The van der Waals surface area contributed by atoms with Crippen molar-refractivity contribution in [3.8, 4) is 0 Å². The van der Waals surface area contributed by atoms with Crippen LogP contribution in [0, 0.1) is 0 Å². The van der Waals surface area contributed by atoms with E-state index in [-0.39, 0.29) is 17.9 Å². The summed E-state index contributed by atoms with van der Waals surface area (Å²) in [6.07, 6.45) is 1.40. The number of ether oxygens (including phenoxy) is 2. The number of carbonyl (C=O) groups is 4. The van der Waals surface area contributed by atoms with Gasteiger partial charge in [-0.3, -0.25) is 9.59 Å². The Kier molecular flexibility index (Phi) is 7.37. The molecule has 162 valence electrons. The van der Waals surface area contributed by atoms with E-state index in [1.165, 1.54) is 7.11 Å². The number of amides is 2. The van der Waals surface area contributed by atoms with Crippen LogP contribution >= 0.6 is 0 Å². The first-order chi connectivity index (χ1) is 15.0. The number of esters is 2. The van der Waals surface area contributed by atoms with Gasteiger partial charge in [-0.15, -0.1) is 0 Å². The molecule has 3 rings (SSSR count). The van der Waals surface area contributed by atoms with Gasteiger partial charge in [0.1, 0.15) is 6.04 Å². The maximum absolute atomic E-state index is 12.6. The van der Waals surface area contributed by atoms with E-state index in [9.17, 15) is 19.2 Å². The van der Waals surface area contributed by atoms with E-state index in [4.69, 9.17) is 9.47 Å². The Bertz CT molecular complexity index is 960. The van der Waals surface area contributed by atoms with Gasteiger partial charge < -0.3 is 19.7 Å². The predicted octanol–water partition coefficient (Wildman–Crippen LogP) is 1.87. The summed E-state index contributed by atoms with van der Waals surface area (Å²) in [5.74, 6) is -2.00. The highest BCUT2D eigenvalue weighted by atomic mass is 16.5. The minimum absolute atomic E-state index is 0.0557. The first kappa shape index (κ1) is 22.0. The van der Waals surface area contributed by atoms with E-state index in [2.05, 4.69) is 5.32 Å². The average Bonchev–Trinajstić information content (AvgIpc) is 3.22. The Hall–Kier alpha value is -3.68. The standard InChI is InChI=1S/C23H24N2O6/c1-30-23(29)18(14-16-8-3-2-4-9-16)24-20(26)15-31-22(28)17-10-5-6-11-19(17)25-13-7-12-21(25)27/h2-6,8-11,18H,7,12-15H2,1H3,(H,24,26). The van der Waals surface area contributed by atoms with Crippen LogP contribution in [0.3, 0.4) is 0 Å². The Balaban J connectivity index is 1.61. The molecular formula is C23H24N2O6. The lowest BCUT2D eigenvalue weighted by Crippen LogP contribution is -2.44. The van der Waals surface area contributed by atoms with Crippen LogP contribution in [-0.2, 0) is 30.3 Å². The van der Waals surface area contributed by atoms with E-state index in [0.29, 0.717) is 18.7 Å². The maximum atomic E-state index is 12.6. The van der Waals surface area contributed by atoms with Crippen LogP contribution in [0.1, 0.15) is 28.8 Å². The molecule has 2 aromatic rings. The fraction of sp³-hybridized carbons (Fsp3) is 0.304. The highest BCUT2D eigenvalue weighted by molar-refractivity contribution is 6.04. The van der Waals surface area contributed by atoms with Gasteiger partial charge in [0.15, 0.2) is 6.61 Å². The number of benzene rings is 2. The van der Waals surface area contributed by atoms with Crippen molar-refractivity contribution in [2.24, 2.45) is 0 Å². The minimum Gasteiger partial charge on any atom is -0.467 e. The molecule has 0 radical (unpaired) electrons. The van der Waals surface area contributed by atoms with Gasteiger partial charge in [0.25, 0.3) is 5.91 Å². The zero-order valence-electron chi connectivity index (χ0n) is 17.2. The smallest absolute Gasteiger partial charge is 0.340 e. The third-order valence-corrected chi connectivity index (χ3v) is 4.93. The zero-order valence-corrected chi connectivity index (χ0v) is 17.2. The predicted molar refractivity (Wildman–Crippen MR) is 112 cm³/mol. The summed E-state index contributed by atoms with van der Waals surface area (Å²) >= 11 is 0. The highest BCUT2D eigenvalue weighted by Gasteiger charge is 2.27. The summed E-state index contributed by atoms with van der Waals surface area (Å²) in [4.78, 5) is 50.5. The van der Waals surface area contributed by atoms with E-state index in [0.717, 1.165) is 12.0 Å². The minimum atomic E-state index is -0.909. The molecule has 0 aromatic heterocycles. The Morgan fingerprint density at radius 2 is 1.77 bits per heavy atom. The molecule has 1 saturated heterocycles. The van der Waals surface area contributed by atoms with Gasteiger partial charge in [0, 0.05) is 19.4 Å². The number of nitrogens with zero attached hydrogens (tertiary/aromatic N) is 1. The lowest BCUT2D eigenvalue weighted by Gasteiger charge is -2.19. The van der Waals surface area contributed by atoms with Gasteiger partial charge in [-0.2, -0.15) is 0 Å². The van der Waals surface area contributed by atoms with Crippen molar-refractivity contribution in [2.45, 2.75) is 25.3 Å². The van der Waals surface area contributed by atoms with Crippen LogP contribution in [-0.4, -0.2) is 50.1 Å². The summed E-state index contributed by atoms with van der Waals surface area (Å²) in [6, 6.07) is 14.9. The van der Waals surface area contributed by atoms with Crippen molar-refractivity contribution in [3.63, 3.8) is 0 Å². The lowest BCUT2D eigenvalue weighted by atomic mass is 10.1. The molecule has 8 heteroatoms. The molecule has 1 N–H and O–H groups in total. The van der Waals surface area contributed by atoms with Crippen molar-refractivity contribution < 1.29 is 28.7 Å². The van der Waals surface area contributed by atoms with Crippen LogP contribution in [0.4, 0.5) is 5.69 Å². The van der Waals surface area contributed by atoms with Crippen molar-refractivity contribution in [1.29, 1.82) is 0 Å². The molecule has 2 aromatic carbocycles. The molecule has 8 nitrogen and oxygen atoms in total. The van der Waals surface area contributed by atoms with Crippen molar-refractivity contribution in [3.05, 3.63) is 65.7 Å². The van der Waals surface area contributed by atoms with Crippen LogP contribution < -0.4 is 10.2 Å². The molecule has 1 heterocycles. The molecule has 1 aliphatic rings. The first-order valence-electron chi connectivity index (χ1n) is 9.97. The molecule has 1 aliphatic heterocycles. The molecule has 0 bridgehead atoms. The van der Waals surface area contributed by atoms with Crippen LogP contribution in [0.2, 0.25) is 0 Å². The van der Waals surface area contributed by atoms with Gasteiger partial charge in [-0.05, 0) is 24.1 Å². The molecule has 1 atom stereocenters. The average molecular weight is 424 g/mol. The number of methoxy groups -OCH3 is 1. The third-order valence-electron chi connectivity index (χ3n) is 4.93. The quantitative estimate of drug-likeness (QED) is 0.649. The summed E-state index contributed by atoms with van der Waals surface area (Å²) < 4.78 is 9.91. The van der Waals surface area contributed by atoms with Gasteiger partial charge in [0.05, 0.1) is 18.4 Å². The fourth-order valence-corrected chi connectivity index (χ4v) is 3.41. The van der Waals surface area contributed by atoms with Gasteiger partial charge in [-0.25, -0.2) is 9.59 Å². The summed E-state index contributed by atoms with van der Waals surface area (Å²) in [6.45, 7) is -0.0344. The van der Waals surface area contributed by atoms with E-state index in [1.54, 1.807) is 29.2 Å². The second kappa shape index (κ2) is 10.4. The molecule has 0 saturated carbocycles. The molecule has 0 spiro atoms. The van der Waals surface area contributed by atoms with Crippen molar-refractivity contribution >= 4 is 29.4 Å². The van der Waals surface area contributed by atoms with Crippen LogP contribution in [0.5, 0.6) is 0 Å². The maximum Gasteiger partial charge on any atom is 0.340 e. The first-order valence-corrected chi connectivity index (χ1v) is 9.97. The monoisotopic (exact) mass is 424 g/mol. The summed E-state index contributed by atoms with van der Waals surface area (Å²) in [5.41, 5.74) is 1.52. The normalized spacial score (nSPS) is 14.1. The topological polar surface area (TPSA) is 102 Å². The highest BCUT2D eigenvalue weighted by Crippen LogP contribution is 2.25. The third kappa shape index (κ3) is 5.69. The van der Waals surface area contributed by atoms with E-state index in [1.807, 2.05) is 30.3 Å². The second-order valence-electron chi connectivity index (χ2n) is 7.08. The van der Waals surface area contributed by atoms with Crippen molar-refractivity contribution in [2.75, 3.05) is 25.2 Å². The SMILES string of the molecule is COC(=O)C(Cc1ccccc1)NC(=O)COC(=O)c1ccccc1N1CCCC1=O. The number of nitrogens with one attached hydrogen (secondary N) is 1. The number of hydrogen-bond donors (Lipinski definition) is 1. The van der Waals surface area contributed by atoms with Crippen LogP contribution in [0.15, 0.2) is 54.6 Å². The Labute approximate surface area is 180 Å². The number of rotatable bonds is 8. The van der Waals surface area contributed by atoms with Gasteiger partial charge in [-0.1, -0.05) is 42.5 Å².